The maximum absolute atomic E-state index is 13.2. The molecule has 1 unspecified atom stereocenters. The summed E-state index contributed by atoms with van der Waals surface area (Å²) in [5.41, 5.74) is -1.92. The van der Waals surface area contributed by atoms with Gasteiger partial charge in [0.2, 0.25) is 0 Å². The number of halogens is 6. The molecule has 0 bridgehead atoms. The summed E-state index contributed by atoms with van der Waals surface area (Å²) in [6, 6.07) is 9.82. The minimum atomic E-state index is -4.71. The molecule has 0 fully saturated rings. The molecule has 1 heterocycles. The Balaban J connectivity index is 1.86. The second-order valence-electron chi connectivity index (χ2n) is 6.19. The molecule has 0 spiro atoms. The molecule has 3 rings (SSSR count). The van der Waals surface area contributed by atoms with Gasteiger partial charge in [-0.05, 0) is 18.2 Å². The summed E-state index contributed by atoms with van der Waals surface area (Å²) in [4.78, 5) is 12.5. The quantitative estimate of drug-likeness (QED) is 0.644. The highest BCUT2D eigenvalue weighted by Crippen LogP contribution is 2.34. The smallest absolute Gasteiger partial charge is 0.380 e. The van der Waals surface area contributed by atoms with Crippen molar-refractivity contribution >= 4 is 11.6 Å². The monoisotopic (exact) mass is 412 g/mol. The number of nitrogens with one attached hydrogen (secondary N) is 2. The third-order valence-corrected chi connectivity index (χ3v) is 4.24. The van der Waals surface area contributed by atoms with E-state index in [0.717, 1.165) is 24.4 Å². The molecule has 2 aromatic carbocycles. The van der Waals surface area contributed by atoms with Crippen molar-refractivity contribution in [2.45, 2.75) is 18.4 Å². The first kappa shape index (κ1) is 20.5. The van der Waals surface area contributed by atoms with Gasteiger partial charge in [0.25, 0.3) is 5.91 Å². The topological polar surface area (TPSA) is 41.1 Å². The molecule has 29 heavy (non-hydrogen) atoms. The van der Waals surface area contributed by atoms with Crippen LogP contribution in [0.2, 0.25) is 0 Å². The summed E-state index contributed by atoms with van der Waals surface area (Å²) in [6.45, 7) is 0. The normalized spacial score (nSPS) is 16.8. The van der Waals surface area contributed by atoms with Crippen molar-refractivity contribution in [2.24, 2.45) is 0 Å². The van der Waals surface area contributed by atoms with E-state index in [0.29, 0.717) is 5.56 Å². The van der Waals surface area contributed by atoms with Crippen LogP contribution in [0.1, 0.15) is 27.5 Å². The Hall–Kier alpha value is -3.23. The van der Waals surface area contributed by atoms with Crippen LogP contribution in [0.3, 0.4) is 0 Å². The molecule has 3 nitrogen and oxygen atoms in total. The fraction of sp³-hybridized carbons (Fsp3) is 0.150. The van der Waals surface area contributed by atoms with Crippen molar-refractivity contribution in [1.29, 1.82) is 0 Å². The van der Waals surface area contributed by atoms with E-state index >= 15 is 0 Å². The number of hydrogen-bond donors (Lipinski definition) is 2. The maximum Gasteiger partial charge on any atom is 0.417 e. The Labute approximate surface area is 161 Å². The van der Waals surface area contributed by atoms with Crippen molar-refractivity contribution in [2.75, 3.05) is 5.32 Å². The van der Waals surface area contributed by atoms with Gasteiger partial charge in [-0.1, -0.05) is 42.5 Å². The molecule has 1 aliphatic heterocycles. The van der Waals surface area contributed by atoms with E-state index in [1.165, 1.54) is 24.3 Å². The molecule has 0 aliphatic carbocycles. The minimum Gasteiger partial charge on any atom is -0.380 e. The first-order chi connectivity index (χ1) is 13.6. The van der Waals surface area contributed by atoms with Gasteiger partial charge in [0.05, 0.1) is 22.7 Å². The number of anilines is 1. The Morgan fingerprint density at radius 1 is 0.897 bits per heavy atom. The van der Waals surface area contributed by atoms with Crippen molar-refractivity contribution in [1.82, 2.24) is 5.32 Å². The molecule has 1 atom stereocenters. The lowest BCUT2D eigenvalue weighted by atomic mass is 10.00. The zero-order valence-electron chi connectivity index (χ0n) is 14.6. The van der Waals surface area contributed by atoms with Gasteiger partial charge in [0.15, 0.2) is 0 Å². The Bertz CT molecular complexity index is 975. The summed E-state index contributed by atoms with van der Waals surface area (Å²) in [5, 5.41) is 5.00. The van der Waals surface area contributed by atoms with Crippen molar-refractivity contribution in [3.8, 4) is 0 Å². The van der Waals surface area contributed by atoms with E-state index in [4.69, 9.17) is 0 Å². The van der Waals surface area contributed by atoms with Crippen LogP contribution in [0.4, 0.5) is 32.0 Å². The van der Waals surface area contributed by atoms with E-state index in [1.807, 2.05) is 0 Å². The van der Waals surface area contributed by atoms with Crippen LogP contribution in [-0.2, 0) is 6.18 Å². The van der Waals surface area contributed by atoms with Crippen LogP contribution < -0.4 is 10.6 Å². The van der Waals surface area contributed by atoms with Gasteiger partial charge in [0, 0.05) is 17.5 Å². The standard InChI is InChI=1S/C20H14F6N2O/c21-19(22,23)12-9-10-16(27-11-12)14-6-2-4-8-17(14)28-18(29)13-5-1-3-7-15(13)20(24,25)26/h1-11,16,27H,(H,28,29). The minimum absolute atomic E-state index is 0.181. The Morgan fingerprint density at radius 2 is 1.55 bits per heavy atom. The number of alkyl halides is 6. The van der Waals surface area contributed by atoms with Crippen LogP contribution >= 0.6 is 0 Å². The van der Waals surface area contributed by atoms with Gasteiger partial charge in [-0.2, -0.15) is 26.3 Å². The van der Waals surface area contributed by atoms with E-state index in [9.17, 15) is 31.1 Å². The van der Waals surface area contributed by atoms with Gasteiger partial charge < -0.3 is 10.6 Å². The predicted octanol–water partition coefficient (Wildman–Crippen LogP) is 5.60. The third-order valence-electron chi connectivity index (χ3n) is 4.24. The molecule has 1 amide bonds. The van der Waals surface area contributed by atoms with Crippen molar-refractivity contribution < 1.29 is 31.1 Å². The van der Waals surface area contributed by atoms with E-state index in [1.54, 1.807) is 18.2 Å². The van der Waals surface area contributed by atoms with Crippen LogP contribution in [0, 0.1) is 0 Å². The lowest BCUT2D eigenvalue weighted by Gasteiger charge is -2.23. The molecular formula is C20H14F6N2O. The van der Waals surface area contributed by atoms with E-state index in [-0.39, 0.29) is 5.69 Å². The highest BCUT2D eigenvalue weighted by molar-refractivity contribution is 6.05. The number of rotatable bonds is 3. The fourth-order valence-electron chi connectivity index (χ4n) is 2.85. The molecule has 0 aromatic heterocycles. The molecule has 9 heteroatoms. The number of benzene rings is 2. The Morgan fingerprint density at radius 3 is 2.17 bits per heavy atom. The zero-order chi connectivity index (χ0) is 21.2. The molecule has 2 N–H and O–H groups in total. The molecule has 0 saturated carbocycles. The van der Waals surface area contributed by atoms with Crippen molar-refractivity contribution in [3.63, 3.8) is 0 Å². The molecular weight excluding hydrogens is 398 g/mol. The summed E-state index contributed by atoms with van der Waals surface area (Å²) >= 11 is 0. The number of dihydropyridines is 1. The molecule has 2 aromatic rings. The van der Waals surface area contributed by atoms with Crippen LogP contribution in [0.5, 0.6) is 0 Å². The van der Waals surface area contributed by atoms with Gasteiger partial charge in [-0.25, -0.2) is 0 Å². The highest BCUT2D eigenvalue weighted by Gasteiger charge is 2.35. The lowest BCUT2D eigenvalue weighted by Crippen LogP contribution is -2.24. The second-order valence-corrected chi connectivity index (χ2v) is 6.19. The number of carbonyl (C=O) groups is 1. The van der Waals surface area contributed by atoms with E-state index < -0.39 is 41.0 Å². The third kappa shape index (κ3) is 4.61. The molecule has 0 radical (unpaired) electrons. The fourth-order valence-corrected chi connectivity index (χ4v) is 2.85. The number of allylic oxidation sites excluding steroid dienone is 2. The van der Waals surface area contributed by atoms with Gasteiger partial charge >= 0.3 is 12.4 Å². The molecule has 1 aliphatic rings. The molecule has 0 saturated heterocycles. The molecule has 152 valence electrons. The number of carbonyl (C=O) groups excluding carboxylic acids is 1. The SMILES string of the molecule is O=C(Nc1ccccc1C1C=CC(C(F)(F)F)=CN1)c1ccccc1C(F)(F)F. The van der Waals surface area contributed by atoms with Gasteiger partial charge in [0.1, 0.15) is 0 Å². The van der Waals surface area contributed by atoms with Crippen molar-refractivity contribution in [3.05, 3.63) is 89.1 Å². The summed E-state index contributed by atoms with van der Waals surface area (Å²) < 4.78 is 77.7. The summed E-state index contributed by atoms with van der Waals surface area (Å²) in [6.07, 6.45) is -6.25. The highest BCUT2D eigenvalue weighted by atomic mass is 19.4. The van der Waals surface area contributed by atoms with Crippen LogP contribution in [0.25, 0.3) is 0 Å². The first-order valence-electron chi connectivity index (χ1n) is 8.35. The second kappa shape index (κ2) is 7.65. The number of hydrogen-bond acceptors (Lipinski definition) is 2. The number of para-hydroxylation sites is 1. The number of amides is 1. The summed E-state index contributed by atoms with van der Waals surface area (Å²) in [5.74, 6) is -0.975. The average Bonchev–Trinajstić information content (AvgIpc) is 2.67. The largest absolute Gasteiger partial charge is 0.417 e. The predicted molar refractivity (Wildman–Crippen MR) is 95.0 cm³/mol. The van der Waals surface area contributed by atoms with Crippen LogP contribution in [0.15, 0.2) is 72.5 Å². The van der Waals surface area contributed by atoms with Crippen LogP contribution in [-0.4, -0.2) is 12.1 Å². The first-order valence-corrected chi connectivity index (χ1v) is 8.35. The van der Waals surface area contributed by atoms with Gasteiger partial charge in [-0.15, -0.1) is 0 Å². The average molecular weight is 412 g/mol. The van der Waals surface area contributed by atoms with E-state index in [2.05, 4.69) is 10.6 Å². The lowest BCUT2D eigenvalue weighted by molar-refractivity contribution is -0.137. The van der Waals surface area contributed by atoms with Gasteiger partial charge in [-0.3, -0.25) is 4.79 Å². The Kier molecular flexibility index (Phi) is 5.41. The maximum atomic E-state index is 13.2. The summed E-state index contributed by atoms with van der Waals surface area (Å²) in [7, 11) is 0. The zero-order valence-corrected chi connectivity index (χ0v) is 14.6.